The van der Waals surface area contributed by atoms with Crippen molar-refractivity contribution >= 4 is 11.8 Å². The van der Waals surface area contributed by atoms with Crippen LogP contribution in [0.3, 0.4) is 0 Å². The van der Waals surface area contributed by atoms with Crippen LogP contribution in [0.5, 0.6) is 0 Å². The predicted molar refractivity (Wildman–Crippen MR) is 77.1 cm³/mol. The van der Waals surface area contributed by atoms with Crippen LogP contribution in [-0.4, -0.2) is 66.9 Å². The van der Waals surface area contributed by atoms with Crippen molar-refractivity contribution in [3.05, 3.63) is 0 Å². The molecule has 2 saturated heterocycles. The first-order valence-corrected chi connectivity index (χ1v) is 7.67. The van der Waals surface area contributed by atoms with Gasteiger partial charge < -0.3 is 16.0 Å². The summed E-state index contributed by atoms with van der Waals surface area (Å²) in [5.41, 5.74) is 5.33. The first-order valence-electron chi connectivity index (χ1n) is 7.67. The fraction of sp³-hybridized carbons (Fsp3) is 0.857. The highest BCUT2D eigenvalue weighted by Gasteiger charge is 2.26. The molecule has 2 aliphatic rings. The summed E-state index contributed by atoms with van der Waals surface area (Å²) in [6.07, 6.45) is 5.34. The Morgan fingerprint density at radius 3 is 2.35 bits per heavy atom. The van der Waals surface area contributed by atoms with Crippen molar-refractivity contribution in [3.8, 4) is 0 Å². The summed E-state index contributed by atoms with van der Waals surface area (Å²) < 4.78 is 0. The monoisotopic (exact) mass is 282 g/mol. The summed E-state index contributed by atoms with van der Waals surface area (Å²) in [6.45, 7) is 4.11. The molecule has 0 aromatic rings. The number of amides is 2. The van der Waals surface area contributed by atoms with Crippen LogP contribution in [0, 0.1) is 0 Å². The molecule has 6 heteroatoms. The molecule has 0 saturated carbocycles. The Hall–Kier alpha value is -1.14. The SMILES string of the molecule is NC(=O)CN(CC(=O)N1CCCCC1)C1CCNCC1. The van der Waals surface area contributed by atoms with E-state index in [9.17, 15) is 9.59 Å². The van der Waals surface area contributed by atoms with E-state index in [0.717, 1.165) is 51.9 Å². The molecule has 0 aliphatic carbocycles. The second-order valence-corrected chi connectivity index (χ2v) is 5.79. The molecule has 6 nitrogen and oxygen atoms in total. The average Bonchev–Trinajstić information content (AvgIpc) is 2.48. The normalized spacial score (nSPS) is 21.1. The van der Waals surface area contributed by atoms with E-state index in [1.54, 1.807) is 0 Å². The standard InChI is InChI=1S/C14H26N4O2/c15-13(19)10-18(12-4-6-16-7-5-12)11-14(20)17-8-2-1-3-9-17/h12,16H,1-11H2,(H2,15,19). The van der Waals surface area contributed by atoms with Gasteiger partial charge in [-0.2, -0.15) is 0 Å². The topological polar surface area (TPSA) is 78.7 Å². The van der Waals surface area contributed by atoms with E-state index >= 15 is 0 Å². The van der Waals surface area contributed by atoms with Gasteiger partial charge in [0.2, 0.25) is 11.8 Å². The Morgan fingerprint density at radius 1 is 1.10 bits per heavy atom. The van der Waals surface area contributed by atoms with Crippen LogP contribution < -0.4 is 11.1 Å². The highest BCUT2D eigenvalue weighted by atomic mass is 16.2. The summed E-state index contributed by atoms with van der Waals surface area (Å²) in [6, 6.07) is 0.289. The molecule has 0 atom stereocenters. The molecule has 3 N–H and O–H groups in total. The van der Waals surface area contributed by atoms with E-state index in [1.807, 2.05) is 9.80 Å². The molecule has 20 heavy (non-hydrogen) atoms. The second kappa shape index (κ2) is 7.59. The van der Waals surface area contributed by atoms with Crippen molar-refractivity contribution in [3.63, 3.8) is 0 Å². The molecular weight excluding hydrogens is 256 g/mol. The number of rotatable bonds is 5. The second-order valence-electron chi connectivity index (χ2n) is 5.79. The molecule has 2 heterocycles. The zero-order valence-corrected chi connectivity index (χ0v) is 12.1. The van der Waals surface area contributed by atoms with Gasteiger partial charge in [-0.1, -0.05) is 0 Å². The van der Waals surface area contributed by atoms with Gasteiger partial charge in [-0.3, -0.25) is 14.5 Å². The fourth-order valence-corrected chi connectivity index (χ4v) is 3.10. The maximum atomic E-state index is 12.3. The van der Waals surface area contributed by atoms with Crippen LogP contribution in [0.15, 0.2) is 0 Å². The number of hydrogen-bond donors (Lipinski definition) is 2. The highest BCUT2D eigenvalue weighted by molar-refractivity contribution is 5.80. The van der Waals surface area contributed by atoms with Gasteiger partial charge >= 0.3 is 0 Å². The molecule has 2 fully saturated rings. The van der Waals surface area contributed by atoms with E-state index in [-0.39, 0.29) is 24.4 Å². The molecule has 0 unspecified atom stereocenters. The zero-order valence-electron chi connectivity index (χ0n) is 12.1. The average molecular weight is 282 g/mol. The van der Waals surface area contributed by atoms with Crippen molar-refractivity contribution in [1.82, 2.24) is 15.1 Å². The van der Waals surface area contributed by atoms with Gasteiger partial charge in [0, 0.05) is 19.1 Å². The van der Waals surface area contributed by atoms with Crippen LogP contribution in [-0.2, 0) is 9.59 Å². The number of nitrogens with two attached hydrogens (primary N) is 1. The van der Waals surface area contributed by atoms with Gasteiger partial charge in [-0.25, -0.2) is 0 Å². The Labute approximate surface area is 120 Å². The summed E-state index contributed by atoms with van der Waals surface area (Å²) in [7, 11) is 0. The van der Waals surface area contributed by atoms with E-state index < -0.39 is 0 Å². The Balaban J connectivity index is 1.91. The summed E-state index contributed by atoms with van der Waals surface area (Å²) in [5, 5.41) is 3.30. The first-order chi connectivity index (χ1) is 9.66. The van der Waals surface area contributed by atoms with E-state index in [0.29, 0.717) is 6.54 Å². The molecule has 0 aromatic heterocycles. The molecule has 2 aliphatic heterocycles. The molecule has 0 radical (unpaired) electrons. The molecular formula is C14H26N4O2. The lowest BCUT2D eigenvalue weighted by atomic mass is 10.0. The van der Waals surface area contributed by atoms with Crippen molar-refractivity contribution in [1.29, 1.82) is 0 Å². The lowest BCUT2D eigenvalue weighted by Crippen LogP contribution is -2.51. The van der Waals surface area contributed by atoms with Crippen molar-refractivity contribution < 1.29 is 9.59 Å². The van der Waals surface area contributed by atoms with E-state index in [4.69, 9.17) is 5.73 Å². The Kier molecular flexibility index (Phi) is 5.79. The van der Waals surface area contributed by atoms with Crippen LogP contribution >= 0.6 is 0 Å². The molecule has 0 aromatic carbocycles. The lowest BCUT2D eigenvalue weighted by molar-refractivity contribution is -0.134. The number of nitrogens with zero attached hydrogens (tertiary/aromatic N) is 2. The fourth-order valence-electron chi connectivity index (χ4n) is 3.10. The Bertz CT molecular complexity index is 336. The van der Waals surface area contributed by atoms with E-state index in [2.05, 4.69) is 5.32 Å². The minimum Gasteiger partial charge on any atom is -0.369 e. The van der Waals surface area contributed by atoms with Crippen molar-refractivity contribution in [2.75, 3.05) is 39.3 Å². The quantitative estimate of drug-likeness (QED) is 0.715. The molecule has 114 valence electrons. The van der Waals surface area contributed by atoms with E-state index in [1.165, 1.54) is 6.42 Å². The largest absolute Gasteiger partial charge is 0.369 e. The lowest BCUT2D eigenvalue weighted by Gasteiger charge is -2.35. The first kappa shape index (κ1) is 15.3. The number of nitrogens with one attached hydrogen (secondary N) is 1. The minimum atomic E-state index is -0.352. The van der Waals surface area contributed by atoms with Crippen molar-refractivity contribution in [2.45, 2.75) is 38.1 Å². The van der Waals surface area contributed by atoms with Gasteiger partial charge in [-0.15, -0.1) is 0 Å². The predicted octanol–water partition coefficient (Wildman–Crippen LogP) is -0.462. The third-order valence-electron chi connectivity index (χ3n) is 4.23. The smallest absolute Gasteiger partial charge is 0.236 e. The van der Waals surface area contributed by atoms with Gasteiger partial charge in [0.25, 0.3) is 0 Å². The zero-order chi connectivity index (χ0) is 14.4. The summed E-state index contributed by atoms with van der Waals surface area (Å²) in [4.78, 5) is 27.5. The third kappa shape index (κ3) is 4.45. The van der Waals surface area contributed by atoms with Crippen LogP contribution in [0.4, 0.5) is 0 Å². The molecule has 0 spiro atoms. The molecule has 2 amide bonds. The number of carbonyl (C=O) groups excluding carboxylic acids is 2. The number of hydrogen-bond acceptors (Lipinski definition) is 4. The van der Waals surface area contributed by atoms with Gasteiger partial charge in [0.15, 0.2) is 0 Å². The number of piperidine rings is 2. The van der Waals surface area contributed by atoms with Gasteiger partial charge in [0.1, 0.15) is 0 Å². The maximum absolute atomic E-state index is 12.3. The molecule has 0 bridgehead atoms. The van der Waals surface area contributed by atoms with Crippen LogP contribution in [0.2, 0.25) is 0 Å². The summed E-state index contributed by atoms with van der Waals surface area (Å²) in [5.74, 6) is -0.209. The van der Waals surface area contributed by atoms with Gasteiger partial charge in [0.05, 0.1) is 13.1 Å². The summed E-state index contributed by atoms with van der Waals surface area (Å²) >= 11 is 0. The van der Waals surface area contributed by atoms with Gasteiger partial charge in [-0.05, 0) is 45.2 Å². The van der Waals surface area contributed by atoms with Crippen molar-refractivity contribution in [2.24, 2.45) is 5.73 Å². The third-order valence-corrected chi connectivity index (χ3v) is 4.23. The maximum Gasteiger partial charge on any atom is 0.236 e. The number of likely N-dealkylation sites (tertiary alicyclic amines) is 1. The molecule has 2 rings (SSSR count). The number of carbonyl (C=O) groups is 2. The number of primary amides is 1. The van der Waals surface area contributed by atoms with Crippen LogP contribution in [0.1, 0.15) is 32.1 Å². The van der Waals surface area contributed by atoms with Crippen LogP contribution in [0.25, 0.3) is 0 Å². The Morgan fingerprint density at radius 2 is 1.75 bits per heavy atom. The highest BCUT2D eigenvalue weighted by Crippen LogP contribution is 2.14. The minimum absolute atomic E-state index is 0.143.